The summed E-state index contributed by atoms with van der Waals surface area (Å²) in [5, 5.41) is -0.216. The minimum absolute atomic E-state index is 0.216. The second-order valence-corrected chi connectivity index (χ2v) is 8.90. The third-order valence-corrected chi connectivity index (χ3v) is 6.91. The van der Waals surface area contributed by atoms with Crippen LogP contribution in [0.15, 0.2) is 16.5 Å². The van der Waals surface area contributed by atoms with E-state index in [0.717, 1.165) is 36.9 Å². The van der Waals surface area contributed by atoms with Crippen molar-refractivity contribution in [2.45, 2.75) is 44.4 Å². The standard InChI is InChI=1S/C15H23NO3S/c1-11-9-14(11)15-4-3-13(19-15)10-16-6-5-12(2)20(17,18)8-7-16/h3-4,11-12,14H,5-10H2,1-2H3/t11-,12-,14-/m1/s1. The van der Waals surface area contributed by atoms with E-state index in [1.54, 1.807) is 0 Å². The molecule has 20 heavy (non-hydrogen) atoms. The van der Waals surface area contributed by atoms with Gasteiger partial charge in [-0.1, -0.05) is 6.92 Å². The van der Waals surface area contributed by atoms with Gasteiger partial charge < -0.3 is 4.42 Å². The van der Waals surface area contributed by atoms with Gasteiger partial charge in [0.1, 0.15) is 11.5 Å². The molecule has 0 spiro atoms. The Morgan fingerprint density at radius 1 is 1.30 bits per heavy atom. The Morgan fingerprint density at radius 3 is 2.75 bits per heavy atom. The zero-order valence-electron chi connectivity index (χ0n) is 12.2. The fourth-order valence-corrected chi connectivity index (χ4v) is 4.27. The Kier molecular flexibility index (Phi) is 3.67. The number of sulfone groups is 1. The van der Waals surface area contributed by atoms with Crippen molar-refractivity contribution in [1.29, 1.82) is 0 Å². The molecule has 3 atom stereocenters. The molecule has 0 amide bonds. The van der Waals surface area contributed by atoms with Crippen molar-refractivity contribution in [2.75, 3.05) is 18.8 Å². The number of nitrogens with zero attached hydrogens (tertiary/aromatic N) is 1. The largest absolute Gasteiger partial charge is 0.464 e. The summed E-state index contributed by atoms with van der Waals surface area (Å²) in [6.07, 6.45) is 1.95. The van der Waals surface area contributed by atoms with Crippen LogP contribution in [0.3, 0.4) is 0 Å². The fourth-order valence-electron chi connectivity index (χ4n) is 2.89. The van der Waals surface area contributed by atoms with Crippen LogP contribution in [-0.4, -0.2) is 37.4 Å². The first-order chi connectivity index (χ1) is 9.45. The van der Waals surface area contributed by atoms with Crippen molar-refractivity contribution in [3.8, 4) is 0 Å². The van der Waals surface area contributed by atoms with E-state index >= 15 is 0 Å². The van der Waals surface area contributed by atoms with Gasteiger partial charge in [-0.25, -0.2) is 8.42 Å². The molecule has 0 bridgehead atoms. The van der Waals surface area contributed by atoms with Crippen LogP contribution in [0.4, 0.5) is 0 Å². The lowest BCUT2D eigenvalue weighted by atomic mass is 10.2. The van der Waals surface area contributed by atoms with Crippen LogP contribution in [0, 0.1) is 5.92 Å². The van der Waals surface area contributed by atoms with E-state index in [-0.39, 0.29) is 11.0 Å². The van der Waals surface area contributed by atoms with Crippen LogP contribution in [0.5, 0.6) is 0 Å². The van der Waals surface area contributed by atoms with E-state index < -0.39 is 9.84 Å². The highest BCUT2D eigenvalue weighted by molar-refractivity contribution is 7.92. The van der Waals surface area contributed by atoms with Gasteiger partial charge in [0.2, 0.25) is 0 Å². The molecule has 0 N–H and O–H groups in total. The predicted molar refractivity (Wildman–Crippen MR) is 78.4 cm³/mol. The van der Waals surface area contributed by atoms with Gasteiger partial charge in [0.05, 0.1) is 17.5 Å². The van der Waals surface area contributed by atoms with E-state index in [1.807, 2.05) is 13.0 Å². The second-order valence-electron chi connectivity index (χ2n) is 6.37. The summed E-state index contributed by atoms with van der Waals surface area (Å²) in [5.41, 5.74) is 0. The number of rotatable bonds is 3. The number of furan rings is 1. The Labute approximate surface area is 121 Å². The van der Waals surface area contributed by atoms with E-state index in [9.17, 15) is 8.42 Å². The van der Waals surface area contributed by atoms with E-state index in [0.29, 0.717) is 12.5 Å². The Balaban J connectivity index is 1.62. The highest BCUT2D eigenvalue weighted by Crippen LogP contribution is 2.47. The van der Waals surface area contributed by atoms with Crippen LogP contribution in [0.2, 0.25) is 0 Å². The Hall–Kier alpha value is -0.810. The molecule has 1 saturated carbocycles. The lowest BCUT2D eigenvalue weighted by Crippen LogP contribution is -2.26. The van der Waals surface area contributed by atoms with Gasteiger partial charge in [0, 0.05) is 12.5 Å². The fraction of sp³-hybridized carbons (Fsp3) is 0.733. The Morgan fingerprint density at radius 2 is 2.05 bits per heavy atom. The first-order valence-corrected chi connectivity index (χ1v) is 9.20. The van der Waals surface area contributed by atoms with Gasteiger partial charge in [0.15, 0.2) is 9.84 Å². The molecule has 5 heteroatoms. The average Bonchev–Trinajstić information content (AvgIpc) is 2.98. The molecule has 2 heterocycles. The highest BCUT2D eigenvalue weighted by atomic mass is 32.2. The molecule has 1 saturated heterocycles. The zero-order chi connectivity index (χ0) is 14.3. The van der Waals surface area contributed by atoms with E-state index in [1.165, 1.54) is 6.42 Å². The summed E-state index contributed by atoms with van der Waals surface area (Å²) in [4.78, 5) is 2.19. The minimum Gasteiger partial charge on any atom is -0.464 e. The quantitative estimate of drug-likeness (QED) is 0.859. The summed E-state index contributed by atoms with van der Waals surface area (Å²) in [5.74, 6) is 3.68. The maximum atomic E-state index is 11.9. The van der Waals surface area contributed by atoms with Crippen molar-refractivity contribution < 1.29 is 12.8 Å². The summed E-state index contributed by atoms with van der Waals surface area (Å²) >= 11 is 0. The minimum atomic E-state index is -2.90. The molecule has 1 aliphatic heterocycles. The first kappa shape index (κ1) is 14.1. The molecular weight excluding hydrogens is 274 g/mol. The lowest BCUT2D eigenvalue weighted by Gasteiger charge is -2.17. The molecule has 0 radical (unpaired) electrons. The molecule has 4 nitrogen and oxygen atoms in total. The number of hydrogen-bond donors (Lipinski definition) is 0. The SMILES string of the molecule is C[C@@H]1C[C@H]1c1ccc(CN2CC[C@@H](C)S(=O)(=O)CC2)o1. The lowest BCUT2D eigenvalue weighted by molar-refractivity contribution is 0.256. The third-order valence-electron chi connectivity index (χ3n) is 4.69. The second kappa shape index (κ2) is 5.19. The van der Waals surface area contributed by atoms with Crippen LogP contribution >= 0.6 is 0 Å². The van der Waals surface area contributed by atoms with Crippen molar-refractivity contribution >= 4 is 9.84 Å². The van der Waals surface area contributed by atoms with Crippen LogP contribution in [0.25, 0.3) is 0 Å². The van der Waals surface area contributed by atoms with Crippen molar-refractivity contribution in [1.82, 2.24) is 4.90 Å². The zero-order valence-corrected chi connectivity index (χ0v) is 13.0. The summed E-state index contributed by atoms with van der Waals surface area (Å²) < 4.78 is 29.7. The topological polar surface area (TPSA) is 50.5 Å². The predicted octanol–water partition coefficient (Wildman–Crippen LogP) is 2.41. The summed E-state index contributed by atoms with van der Waals surface area (Å²) in [7, 11) is -2.90. The van der Waals surface area contributed by atoms with Crippen LogP contribution in [-0.2, 0) is 16.4 Å². The van der Waals surface area contributed by atoms with Crippen LogP contribution < -0.4 is 0 Å². The van der Waals surface area contributed by atoms with E-state index in [4.69, 9.17) is 4.42 Å². The van der Waals surface area contributed by atoms with Gasteiger partial charge >= 0.3 is 0 Å². The molecule has 0 aromatic carbocycles. The van der Waals surface area contributed by atoms with Crippen molar-refractivity contribution in [3.63, 3.8) is 0 Å². The Bertz CT molecular complexity index is 578. The van der Waals surface area contributed by atoms with Gasteiger partial charge in [-0.15, -0.1) is 0 Å². The summed E-state index contributed by atoms with van der Waals surface area (Å²) in [6, 6.07) is 4.13. The molecule has 2 fully saturated rings. The monoisotopic (exact) mass is 297 g/mol. The highest BCUT2D eigenvalue weighted by Gasteiger charge is 2.36. The molecule has 112 valence electrons. The third kappa shape index (κ3) is 2.93. The molecular formula is C15H23NO3S. The first-order valence-electron chi connectivity index (χ1n) is 7.48. The molecule has 0 unspecified atom stereocenters. The summed E-state index contributed by atoms with van der Waals surface area (Å²) in [6.45, 7) is 6.23. The molecule has 1 aliphatic carbocycles. The van der Waals surface area contributed by atoms with Gasteiger partial charge in [-0.05, 0) is 44.4 Å². The molecule has 3 rings (SSSR count). The molecule has 1 aromatic heterocycles. The van der Waals surface area contributed by atoms with Crippen LogP contribution in [0.1, 0.15) is 44.1 Å². The molecule has 2 aliphatic rings. The number of hydrogen-bond acceptors (Lipinski definition) is 4. The van der Waals surface area contributed by atoms with E-state index in [2.05, 4.69) is 17.9 Å². The maximum absolute atomic E-state index is 11.9. The van der Waals surface area contributed by atoms with Gasteiger partial charge in [-0.2, -0.15) is 0 Å². The van der Waals surface area contributed by atoms with Crippen molar-refractivity contribution in [2.24, 2.45) is 5.92 Å². The molecule has 1 aromatic rings. The van der Waals surface area contributed by atoms with Gasteiger partial charge in [0.25, 0.3) is 0 Å². The van der Waals surface area contributed by atoms with Crippen molar-refractivity contribution in [3.05, 3.63) is 23.7 Å². The average molecular weight is 297 g/mol. The normalized spacial score (nSPS) is 33.8. The van der Waals surface area contributed by atoms with Gasteiger partial charge in [-0.3, -0.25) is 4.90 Å². The maximum Gasteiger partial charge on any atom is 0.154 e. The smallest absolute Gasteiger partial charge is 0.154 e.